The van der Waals surface area contributed by atoms with Crippen LogP contribution in [0.25, 0.3) is 0 Å². The average Bonchev–Trinajstić information content (AvgIpc) is 2.60. The van der Waals surface area contributed by atoms with E-state index in [1.165, 1.54) is 0 Å². The molecule has 0 spiro atoms. The first-order chi connectivity index (χ1) is 10.9. The van der Waals surface area contributed by atoms with Crippen molar-refractivity contribution in [3.8, 4) is 0 Å². The number of aliphatic hydroxyl groups is 1. The summed E-state index contributed by atoms with van der Waals surface area (Å²) in [6.07, 6.45) is -1.61. The third-order valence-electron chi connectivity index (χ3n) is 4.08. The third kappa shape index (κ3) is 3.24. The number of hydrogen-bond donors (Lipinski definition) is 2. The van der Waals surface area contributed by atoms with Gasteiger partial charge in [-0.05, 0) is 5.56 Å². The second-order valence-corrected chi connectivity index (χ2v) is 6.34. The van der Waals surface area contributed by atoms with Gasteiger partial charge in [-0.3, -0.25) is 0 Å². The highest BCUT2D eigenvalue weighted by Gasteiger charge is 2.56. The number of fused-ring (bicyclic) bond motifs is 3. The summed E-state index contributed by atoms with van der Waals surface area (Å²) in [5.41, 5.74) is 6.54. The van der Waals surface area contributed by atoms with Crippen LogP contribution >= 0.6 is 0 Å². The summed E-state index contributed by atoms with van der Waals surface area (Å²) in [6.45, 7) is 3.20. The average molecular weight is 323 g/mol. The van der Waals surface area contributed by atoms with E-state index in [4.69, 9.17) is 24.7 Å². The van der Waals surface area contributed by atoms with E-state index in [0.29, 0.717) is 19.8 Å². The molecule has 0 aliphatic carbocycles. The van der Waals surface area contributed by atoms with Crippen LogP contribution in [0.2, 0.25) is 0 Å². The van der Waals surface area contributed by atoms with E-state index >= 15 is 0 Å². The van der Waals surface area contributed by atoms with Gasteiger partial charge in [-0.1, -0.05) is 37.3 Å². The van der Waals surface area contributed by atoms with Crippen molar-refractivity contribution in [2.45, 2.75) is 31.6 Å². The lowest BCUT2D eigenvalue weighted by atomic mass is 9.90. The van der Waals surface area contributed by atoms with Gasteiger partial charge < -0.3 is 29.8 Å². The largest absolute Gasteiger partial charge is 0.459 e. The van der Waals surface area contributed by atoms with Crippen LogP contribution in [0.5, 0.6) is 0 Å². The molecule has 1 unspecified atom stereocenters. The molecule has 3 aliphatic heterocycles. The first-order valence-corrected chi connectivity index (χ1v) is 7.50. The minimum absolute atomic E-state index is 0.0527. The molecule has 3 heterocycles. The summed E-state index contributed by atoms with van der Waals surface area (Å²) in [5.74, 6) is -2.44. The van der Waals surface area contributed by atoms with Crippen LogP contribution in [0.4, 0.5) is 0 Å². The SMILES string of the molecule is CC12COC([C@@H](N)C(O)C(=O)OCc3ccccc3)(OC1)OC2. The van der Waals surface area contributed by atoms with Crippen molar-refractivity contribution in [3.05, 3.63) is 35.9 Å². The van der Waals surface area contributed by atoms with Gasteiger partial charge in [-0.2, -0.15) is 0 Å². The van der Waals surface area contributed by atoms with Gasteiger partial charge in [0.2, 0.25) is 0 Å². The predicted molar refractivity (Wildman–Crippen MR) is 78.9 cm³/mol. The molecule has 2 bridgehead atoms. The van der Waals surface area contributed by atoms with Crippen molar-refractivity contribution in [3.63, 3.8) is 0 Å². The predicted octanol–water partition coefficient (Wildman–Crippen LogP) is 0.155. The van der Waals surface area contributed by atoms with Gasteiger partial charge in [0, 0.05) is 5.41 Å². The Hall–Kier alpha value is -1.51. The van der Waals surface area contributed by atoms with Gasteiger partial charge in [0.25, 0.3) is 0 Å². The third-order valence-corrected chi connectivity index (χ3v) is 4.08. The first-order valence-electron chi connectivity index (χ1n) is 7.50. The number of benzene rings is 1. The molecule has 1 aromatic carbocycles. The highest BCUT2D eigenvalue weighted by molar-refractivity contribution is 5.75. The maximum Gasteiger partial charge on any atom is 0.337 e. The number of hydrogen-bond acceptors (Lipinski definition) is 7. The minimum atomic E-state index is -1.61. The first kappa shape index (κ1) is 16.4. The summed E-state index contributed by atoms with van der Waals surface area (Å²) in [4.78, 5) is 12.0. The van der Waals surface area contributed by atoms with Crippen molar-refractivity contribution < 1.29 is 28.8 Å². The van der Waals surface area contributed by atoms with E-state index in [9.17, 15) is 9.90 Å². The van der Waals surface area contributed by atoms with Gasteiger partial charge in [-0.15, -0.1) is 0 Å². The topological polar surface area (TPSA) is 100 Å². The molecule has 0 saturated carbocycles. The summed E-state index contributed by atoms with van der Waals surface area (Å²) >= 11 is 0. The zero-order valence-corrected chi connectivity index (χ0v) is 12.9. The Balaban J connectivity index is 1.58. The Morgan fingerprint density at radius 3 is 2.39 bits per heavy atom. The molecule has 0 amide bonds. The molecule has 23 heavy (non-hydrogen) atoms. The highest BCUT2D eigenvalue weighted by Crippen LogP contribution is 2.39. The van der Waals surface area contributed by atoms with Crippen molar-refractivity contribution in [1.29, 1.82) is 0 Å². The fraction of sp³-hybridized carbons (Fsp3) is 0.562. The lowest BCUT2D eigenvalue weighted by molar-refractivity contribution is -0.475. The minimum Gasteiger partial charge on any atom is -0.459 e. The Morgan fingerprint density at radius 2 is 1.83 bits per heavy atom. The van der Waals surface area contributed by atoms with Crippen LogP contribution in [0.15, 0.2) is 30.3 Å². The zero-order chi connectivity index (χ0) is 16.5. The van der Waals surface area contributed by atoms with E-state index in [-0.39, 0.29) is 12.0 Å². The zero-order valence-electron chi connectivity index (χ0n) is 12.9. The number of rotatable bonds is 5. The molecule has 4 rings (SSSR count). The Labute approximate surface area is 134 Å². The maximum atomic E-state index is 12.0. The fourth-order valence-corrected chi connectivity index (χ4v) is 2.52. The smallest absolute Gasteiger partial charge is 0.337 e. The van der Waals surface area contributed by atoms with E-state index in [2.05, 4.69) is 0 Å². The number of carbonyl (C=O) groups excluding carboxylic acids is 1. The Morgan fingerprint density at radius 1 is 1.26 bits per heavy atom. The molecule has 3 fully saturated rings. The van der Waals surface area contributed by atoms with E-state index in [1.54, 1.807) is 0 Å². The number of carbonyl (C=O) groups is 1. The van der Waals surface area contributed by atoms with Crippen LogP contribution in [0, 0.1) is 5.41 Å². The van der Waals surface area contributed by atoms with Crippen LogP contribution in [-0.2, 0) is 30.3 Å². The van der Waals surface area contributed by atoms with Crippen molar-refractivity contribution in [2.24, 2.45) is 11.1 Å². The number of ether oxygens (including phenoxy) is 4. The molecular formula is C16H21NO6. The summed E-state index contributed by atoms with van der Waals surface area (Å²) in [7, 11) is 0. The van der Waals surface area contributed by atoms with Gasteiger partial charge in [0.05, 0.1) is 19.8 Å². The van der Waals surface area contributed by atoms with Gasteiger partial charge >= 0.3 is 11.9 Å². The van der Waals surface area contributed by atoms with Gasteiger partial charge in [0.1, 0.15) is 12.6 Å². The molecular weight excluding hydrogens is 302 g/mol. The Bertz CT molecular complexity index is 538. The summed E-state index contributed by atoms with van der Waals surface area (Å²) in [5, 5.41) is 10.2. The van der Waals surface area contributed by atoms with Gasteiger partial charge in [-0.25, -0.2) is 4.79 Å². The normalized spacial score (nSPS) is 32.3. The standard InChI is InChI=1S/C16H21NO6/c1-15-8-21-16(22-9-15,23-10-15)13(17)12(18)14(19)20-7-11-5-3-2-4-6-11/h2-6,12-13,18H,7-10,17H2,1H3/t12?,13-,15?,16?/m0/s1. The quantitative estimate of drug-likeness (QED) is 0.744. The number of nitrogens with two attached hydrogens (primary N) is 1. The molecule has 0 radical (unpaired) electrons. The second kappa shape index (κ2) is 6.18. The van der Waals surface area contributed by atoms with E-state index < -0.39 is 24.1 Å². The second-order valence-electron chi connectivity index (χ2n) is 6.34. The van der Waals surface area contributed by atoms with Crippen LogP contribution in [0.1, 0.15) is 12.5 Å². The fourth-order valence-electron chi connectivity index (χ4n) is 2.52. The van der Waals surface area contributed by atoms with Crippen molar-refractivity contribution in [2.75, 3.05) is 19.8 Å². The summed E-state index contributed by atoms with van der Waals surface area (Å²) < 4.78 is 21.7. The molecule has 3 saturated heterocycles. The highest BCUT2D eigenvalue weighted by atomic mass is 16.9. The molecule has 1 aromatic rings. The van der Waals surface area contributed by atoms with Crippen LogP contribution in [-0.4, -0.2) is 49.0 Å². The monoisotopic (exact) mass is 323 g/mol. The number of aliphatic hydroxyl groups excluding tert-OH is 1. The molecule has 2 atom stereocenters. The molecule has 126 valence electrons. The molecule has 7 heteroatoms. The molecule has 0 aromatic heterocycles. The molecule has 3 aliphatic rings. The van der Waals surface area contributed by atoms with Gasteiger partial charge in [0.15, 0.2) is 6.10 Å². The molecule has 3 N–H and O–H groups in total. The van der Waals surface area contributed by atoms with Crippen molar-refractivity contribution in [1.82, 2.24) is 0 Å². The molecule has 7 nitrogen and oxygen atoms in total. The van der Waals surface area contributed by atoms with Crippen LogP contribution < -0.4 is 5.73 Å². The van der Waals surface area contributed by atoms with Crippen molar-refractivity contribution >= 4 is 5.97 Å². The van der Waals surface area contributed by atoms with E-state index in [1.807, 2.05) is 37.3 Å². The summed E-state index contributed by atoms with van der Waals surface area (Å²) in [6, 6.07) is 7.96. The van der Waals surface area contributed by atoms with Crippen LogP contribution in [0.3, 0.4) is 0 Å². The maximum absolute atomic E-state index is 12.0. The lowest BCUT2D eigenvalue weighted by Gasteiger charge is -2.52. The Kier molecular flexibility index (Phi) is 4.39. The lowest BCUT2D eigenvalue weighted by Crippen LogP contribution is -2.69. The number of esters is 1. The van der Waals surface area contributed by atoms with E-state index in [0.717, 1.165) is 5.56 Å².